The highest BCUT2D eigenvalue weighted by Gasteiger charge is 2.29. The Hall–Kier alpha value is -2.54. The van der Waals surface area contributed by atoms with Crippen molar-refractivity contribution in [2.24, 2.45) is 5.92 Å². The third kappa shape index (κ3) is 3.26. The maximum Gasteiger partial charge on any atom is 0.356 e. The van der Waals surface area contributed by atoms with Crippen LogP contribution in [0.1, 0.15) is 23.8 Å². The summed E-state index contributed by atoms with van der Waals surface area (Å²) in [5.74, 6) is 1.43. The predicted octanol–water partition coefficient (Wildman–Crippen LogP) is 2.34. The zero-order valence-electron chi connectivity index (χ0n) is 15.0. The normalized spacial score (nSPS) is 22.4. The minimum absolute atomic E-state index is 0.355. The maximum atomic E-state index is 12.3. The molecule has 1 saturated heterocycles. The van der Waals surface area contributed by atoms with Gasteiger partial charge in [-0.15, -0.1) is 0 Å². The second-order valence-electron chi connectivity index (χ2n) is 6.89. The van der Waals surface area contributed by atoms with E-state index in [1.165, 1.54) is 0 Å². The fraction of sp³-hybridized carbons (Fsp3) is 0.474. The number of esters is 1. The molecule has 2 aliphatic rings. The van der Waals surface area contributed by atoms with Crippen LogP contribution in [0.5, 0.6) is 11.5 Å². The third-order valence-corrected chi connectivity index (χ3v) is 5.29. The summed E-state index contributed by atoms with van der Waals surface area (Å²) < 4.78 is 16.6. The van der Waals surface area contributed by atoms with Crippen LogP contribution in [0.25, 0.3) is 11.3 Å². The number of benzene rings is 1. The van der Waals surface area contributed by atoms with Crippen molar-refractivity contribution in [3.63, 3.8) is 0 Å². The average Bonchev–Trinajstić information content (AvgIpc) is 3.28. The van der Waals surface area contributed by atoms with Gasteiger partial charge < -0.3 is 19.1 Å². The van der Waals surface area contributed by atoms with Crippen LogP contribution in [0, 0.1) is 5.92 Å². The van der Waals surface area contributed by atoms with E-state index in [-0.39, 0.29) is 5.97 Å². The fourth-order valence-corrected chi connectivity index (χ4v) is 3.43. The van der Waals surface area contributed by atoms with Gasteiger partial charge in [-0.25, -0.2) is 4.79 Å². The summed E-state index contributed by atoms with van der Waals surface area (Å²) in [6, 6.07) is 7.76. The van der Waals surface area contributed by atoms with E-state index < -0.39 is 0 Å². The summed E-state index contributed by atoms with van der Waals surface area (Å²) >= 11 is 0. The molecule has 3 heterocycles. The zero-order chi connectivity index (χ0) is 18.1. The van der Waals surface area contributed by atoms with Crippen LogP contribution in [-0.2, 0) is 4.74 Å². The smallest absolute Gasteiger partial charge is 0.356 e. The number of H-pyrrole nitrogens is 1. The van der Waals surface area contributed by atoms with Gasteiger partial charge in [-0.05, 0) is 51.2 Å². The summed E-state index contributed by atoms with van der Waals surface area (Å²) in [5, 5.41) is 7.01. The number of aromatic amines is 1. The van der Waals surface area contributed by atoms with E-state index in [9.17, 15) is 4.79 Å². The van der Waals surface area contributed by atoms with Crippen molar-refractivity contribution in [3.8, 4) is 22.8 Å². The summed E-state index contributed by atoms with van der Waals surface area (Å²) in [6.45, 7) is 4.73. The lowest BCUT2D eigenvalue weighted by Gasteiger charge is -2.19. The summed E-state index contributed by atoms with van der Waals surface area (Å²) in [6.07, 6.45) is 1.05. The van der Waals surface area contributed by atoms with Gasteiger partial charge in [0.2, 0.25) is 0 Å². The topological polar surface area (TPSA) is 76.7 Å². The monoisotopic (exact) mass is 357 g/mol. The lowest BCUT2D eigenvalue weighted by Crippen LogP contribution is -2.28. The number of ether oxygens (including phenoxy) is 3. The molecule has 0 amide bonds. The summed E-state index contributed by atoms with van der Waals surface area (Å²) in [4.78, 5) is 14.6. The molecule has 1 fully saturated rings. The molecular weight excluding hydrogens is 334 g/mol. The predicted molar refractivity (Wildman–Crippen MR) is 95.5 cm³/mol. The van der Waals surface area contributed by atoms with Crippen LogP contribution in [0.3, 0.4) is 0 Å². The zero-order valence-corrected chi connectivity index (χ0v) is 15.0. The van der Waals surface area contributed by atoms with Gasteiger partial charge in [0.1, 0.15) is 18.9 Å². The standard InChI is InChI=1S/C19H23N3O4/c1-12-14(5-6-22(12)2)11-26-19(23)16-10-15(20-21-16)13-3-4-17-18(9-13)25-8-7-24-17/h3-4,9-10,12,14H,5-8,11H2,1-2H3,(H,20,21)/t12-,14+/m1/s1. The number of nitrogens with zero attached hydrogens (tertiary/aromatic N) is 2. The van der Waals surface area contributed by atoms with Crippen LogP contribution in [-0.4, -0.2) is 60.5 Å². The van der Waals surface area contributed by atoms with E-state index in [4.69, 9.17) is 14.2 Å². The van der Waals surface area contributed by atoms with Gasteiger partial charge in [-0.3, -0.25) is 5.10 Å². The van der Waals surface area contributed by atoms with Gasteiger partial charge >= 0.3 is 5.97 Å². The number of aromatic nitrogens is 2. The molecule has 0 unspecified atom stereocenters. The van der Waals surface area contributed by atoms with Crippen LogP contribution >= 0.6 is 0 Å². The first-order valence-corrected chi connectivity index (χ1v) is 8.94. The van der Waals surface area contributed by atoms with Gasteiger partial charge in [-0.2, -0.15) is 5.10 Å². The van der Waals surface area contributed by atoms with Crippen molar-refractivity contribution < 1.29 is 19.0 Å². The molecule has 7 nitrogen and oxygen atoms in total. The van der Waals surface area contributed by atoms with Crippen molar-refractivity contribution in [2.75, 3.05) is 33.4 Å². The van der Waals surface area contributed by atoms with Gasteiger partial charge in [0.05, 0.1) is 12.3 Å². The van der Waals surface area contributed by atoms with E-state index in [2.05, 4.69) is 29.1 Å². The van der Waals surface area contributed by atoms with Crippen LogP contribution < -0.4 is 9.47 Å². The minimum Gasteiger partial charge on any atom is -0.486 e. The van der Waals surface area contributed by atoms with Crippen LogP contribution in [0.4, 0.5) is 0 Å². The van der Waals surface area contributed by atoms with Crippen LogP contribution in [0.2, 0.25) is 0 Å². The number of carbonyl (C=O) groups is 1. The van der Waals surface area contributed by atoms with E-state index in [1.807, 2.05) is 18.2 Å². The lowest BCUT2D eigenvalue weighted by atomic mass is 10.0. The van der Waals surface area contributed by atoms with Gasteiger partial charge in [0, 0.05) is 17.5 Å². The van der Waals surface area contributed by atoms with Crippen molar-refractivity contribution in [2.45, 2.75) is 19.4 Å². The first-order valence-electron chi connectivity index (χ1n) is 8.94. The Kier molecular flexibility index (Phi) is 4.55. The fourth-order valence-electron chi connectivity index (χ4n) is 3.43. The molecule has 2 atom stereocenters. The number of hydrogen-bond acceptors (Lipinski definition) is 6. The Morgan fingerprint density at radius 3 is 2.88 bits per heavy atom. The minimum atomic E-state index is -0.372. The summed E-state index contributed by atoms with van der Waals surface area (Å²) in [5.41, 5.74) is 1.88. The van der Waals surface area contributed by atoms with Crippen molar-refractivity contribution in [3.05, 3.63) is 30.0 Å². The highest BCUT2D eigenvalue weighted by molar-refractivity contribution is 5.88. The van der Waals surface area contributed by atoms with Gasteiger partial charge in [0.25, 0.3) is 0 Å². The second-order valence-corrected chi connectivity index (χ2v) is 6.89. The van der Waals surface area contributed by atoms with E-state index in [0.29, 0.717) is 48.9 Å². The van der Waals surface area contributed by atoms with Crippen molar-refractivity contribution in [1.82, 2.24) is 15.1 Å². The molecule has 138 valence electrons. The van der Waals surface area contributed by atoms with Gasteiger partial charge in [0.15, 0.2) is 11.5 Å². The first kappa shape index (κ1) is 16.9. The molecule has 7 heteroatoms. The number of nitrogens with one attached hydrogen (secondary N) is 1. The largest absolute Gasteiger partial charge is 0.486 e. The molecule has 1 aromatic heterocycles. The highest BCUT2D eigenvalue weighted by Crippen LogP contribution is 2.34. The molecule has 1 N–H and O–H groups in total. The number of carbonyl (C=O) groups excluding carboxylic acids is 1. The number of fused-ring (bicyclic) bond motifs is 1. The molecule has 2 aromatic rings. The third-order valence-electron chi connectivity index (χ3n) is 5.29. The van der Waals surface area contributed by atoms with Gasteiger partial charge in [-0.1, -0.05) is 0 Å². The lowest BCUT2D eigenvalue weighted by molar-refractivity contribution is 0.0413. The average molecular weight is 357 g/mol. The van der Waals surface area contributed by atoms with Crippen molar-refractivity contribution >= 4 is 5.97 Å². The number of hydrogen-bond donors (Lipinski definition) is 1. The molecule has 2 aliphatic heterocycles. The molecule has 0 radical (unpaired) electrons. The molecule has 0 aliphatic carbocycles. The molecule has 4 rings (SSSR count). The van der Waals surface area contributed by atoms with Crippen molar-refractivity contribution in [1.29, 1.82) is 0 Å². The molecule has 0 spiro atoms. The molecule has 26 heavy (non-hydrogen) atoms. The molecule has 1 aromatic carbocycles. The van der Waals surface area contributed by atoms with E-state index in [0.717, 1.165) is 24.3 Å². The van der Waals surface area contributed by atoms with Crippen LogP contribution in [0.15, 0.2) is 24.3 Å². The Bertz CT molecular complexity index is 804. The summed E-state index contributed by atoms with van der Waals surface area (Å²) in [7, 11) is 2.10. The second kappa shape index (κ2) is 6.99. The maximum absolute atomic E-state index is 12.3. The highest BCUT2D eigenvalue weighted by atomic mass is 16.6. The Morgan fingerprint density at radius 1 is 1.31 bits per heavy atom. The number of likely N-dealkylation sites (tertiary alicyclic amines) is 1. The number of rotatable bonds is 4. The first-order chi connectivity index (χ1) is 12.6. The molecular formula is C19H23N3O4. The molecule has 0 bridgehead atoms. The molecule has 0 saturated carbocycles. The van der Waals surface area contributed by atoms with E-state index in [1.54, 1.807) is 6.07 Å². The Balaban J connectivity index is 1.42. The van der Waals surface area contributed by atoms with E-state index >= 15 is 0 Å². The quantitative estimate of drug-likeness (QED) is 0.847. The SMILES string of the molecule is C[C@@H]1[C@H](COC(=O)c2cc(-c3ccc4c(c3)OCCO4)n[nH]2)CCN1C. The Labute approximate surface area is 152 Å². The Morgan fingerprint density at radius 2 is 2.12 bits per heavy atom.